The summed E-state index contributed by atoms with van der Waals surface area (Å²) in [7, 11) is -3.48. The normalized spacial score (nSPS) is 26.5. The molecular formula is C18H25NO4S. The fourth-order valence-electron chi connectivity index (χ4n) is 4.05. The van der Waals surface area contributed by atoms with E-state index in [1.54, 1.807) is 30.3 Å². The van der Waals surface area contributed by atoms with Gasteiger partial charge in [-0.25, -0.2) is 8.42 Å². The first-order chi connectivity index (χ1) is 11.5. The number of carboxylic acid groups (broad SMARTS) is 1. The van der Waals surface area contributed by atoms with Gasteiger partial charge in [-0.2, -0.15) is 0 Å². The maximum Gasteiger partial charge on any atom is 0.320 e. The summed E-state index contributed by atoms with van der Waals surface area (Å²) in [5.74, 6) is -0.407. The highest BCUT2D eigenvalue weighted by Gasteiger charge is 2.43. The van der Waals surface area contributed by atoms with Gasteiger partial charge < -0.3 is 5.11 Å². The molecule has 0 aromatic heterocycles. The molecule has 2 atom stereocenters. The Balaban J connectivity index is 1.76. The second-order valence-electron chi connectivity index (χ2n) is 7.03. The molecule has 6 heteroatoms. The smallest absolute Gasteiger partial charge is 0.320 e. The first-order valence-corrected chi connectivity index (χ1v) is 10.3. The Morgan fingerprint density at radius 3 is 2.42 bits per heavy atom. The summed E-state index contributed by atoms with van der Waals surface area (Å²) < 4.78 is 25.6. The van der Waals surface area contributed by atoms with Crippen LogP contribution in [0.5, 0.6) is 0 Å². The standard InChI is InChI=1S/C18H25NO4S/c20-18(21)17-11-16(24(22,23)15-9-5-2-6-10-15)13-19(17)12-14-7-3-1-4-8-14/h2,5-6,9-10,14,16-17H,1,3-4,7-8,11-13H2,(H,20,21)/t16-,17+/m1/s1. The van der Waals surface area contributed by atoms with E-state index < -0.39 is 27.1 Å². The van der Waals surface area contributed by atoms with Crippen molar-refractivity contribution in [3.8, 4) is 0 Å². The Kier molecular flexibility index (Phi) is 5.25. The largest absolute Gasteiger partial charge is 0.480 e. The molecule has 1 saturated carbocycles. The van der Waals surface area contributed by atoms with Crippen molar-refractivity contribution in [1.29, 1.82) is 0 Å². The molecule has 0 bridgehead atoms. The van der Waals surface area contributed by atoms with E-state index in [0.717, 1.165) is 12.8 Å². The van der Waals surface area contributed by atoms with Gasteiger partial charge in [0.15, 0.2) is 9.84 Å². The minimum absolute atomic E-state index is 0.180. The third-order valence-electron chi connectivity index (χ3n) is 5.38. The number of hydrogen-bond donors (Lipinski definition) is 1. The Bertz CT molecular complexity index is 668. The van der Waals surface area contributed by atoms with Gasteiger partial charge in [0, 0.05) is 13.1 Å². The van der Waals surface area contributed by atoms with Crippen LogP contribution in [0.3, 0.4) is 0 Å². The van der Waals surface area contributed by atoms with E-state index in [1.807, 2.05) is 4.90 Å². The number of carbonyl (C=O) groups is 1. The lowest BCUT2D eigenvalue weighted by atomic mass is 9.89. The molecule has 1 N–H and O–H groups in total. The van der Waals surface area contributed by atoms with Crippen LogP contribution in [0.4, 0.5) is 0 Å². The maximum atomic E-state index is 12.8. The summed E-state index contributed by atoms with van der Waals surface area (Å²) in [4.78, 5) is 13.8. The Morgan fingerprint density at radius 1 is 1.12 bits per heavy atom. The maximum absolute atomic E-state index is 12.8. The number of nitrogens with zero attached hydrogens (tertiary/aromatic N) is 1. The molecule has 2 aliphatic rings. The Labute approximate surface area is 143 Å². The lowest BCUT2D eigenvalue weighted by Crippen LogP contribution is -2.39. The lowest BCUT2D eigenvalue weighted by molar-refractivity contribution is -0.142. The van der Waals surface area contributed by atoms with Crippen LogP contribution in [-0.2, 0) is 14.6 Å². The molecule has 1 heterocycles. The summed E-state index contributed by atoms with van der Waals surface area (Å²) in [5, 5.41) is 8.90. The topological polar surface area (TPSA) is 74.7 Å². The van der Waals surface area contributed by atoms with Gasteiger partial charge in [-0.1, -0.05) is 37.5 Å². The van der Waals surface area contributed by atoms with Crippen molar-refractivity contribution >= 4 is 15.8 Å². The summed E-state index contributed by atoms with van der Waals surface area (Å²) in [6.07, 6.45) is 6.07. The molecule has 132 valence electrons. The molecule has 1 aromatic rings. The molecular weight excluding hydrogens is 326 g/mol. The summed E-state index contributed by atoms with van der Waals surface area (Å²) in [5.41, 5.74) is 0. The number of sulfone groups is 1. The first-order valence-electron chi connectivity index (χ1n) is 8.74. The van der Waals surface area contributed by atoms with E-state index in [2.05, 4.69) is 0 Å². The van der Waals surface area contributed by atoms with Crippen LogP contribution in [-0.4, -0.2) is 48.8 Å². The molecule has 1 aromatic carbocycles. The predicted molar refractivity (Wildman–Crippen MR) is 91.6 cm³/mol. The van der Waals surface area contributed by atoms with E-state index >= 15 is 0 Å². The van der Waals surface area contributed by atoms with Crippen LogP contribution < -0.4 is 0 Å². The zero-order valence-corrected chi connectivity index (χ0v) is 14.6. The zero-order chi connectivity index (χ0) is 17.2. The number of hydrogen-bond acceptors (Lipinski definition) is 4. The number of aliphatic carboxylic acids is 1. The van der Waals surface area contributed by atoms with Gasteiger partial charge in [-0.15, -0.1) is 0 Å². The van der Waals surface area contributed by atoms with Crippen LogP contribution in [0.1, 0.15) is 38.5 Å². The van der Waals surface area contributed by atoms with Crippen molar-refractivity contribution < 1.29 is 18.3 Å². The molecule has 3 rings (SSSR count). The average molecular weight is 351 g/mol. The van der Waals surface area contributed by atoms with E-state index in [0.29, 0.717) is 23.9 Å². The van der Waals surface area contributed by atoms with Crippen LogP contribution >= 0.6 is 0 Å². The highest BCUT2D eigenvalue weighted by Crippen LogP contribution is 2.31. The fraction of sp³-hybridized carbons (Fsp3) is 0.611. The van der Waals surface area contributed by atoms with Crippen molar-refractivity contribution in [2.45, 2.75) is 54.7 Å². The third-order valence-corrected chi connectivity index (χ3v) is 7.53. The Hall–Kier alpha value is -1.40. The summed E-state index contributed by atoms with van der Waals surface area (Å²) in [6, 6.07) is 7.69. The molecule has 0 amide bonds. The number of rotatable bonds is 5. The second-order valence-corrected chi connectivity index (χ2v) is 9.26. The summed E-state index contributed by atoms with van der Waals surface area (Å²) in [6.45, 7) is 1.03. The molecule has 0 radical (unpaired) electrons. The minimum Gasteiger partial charge on any atom is -0.480 e. The van der Waals surface area contributed by atoms with Gasteiger partial charge in [0.25, 0.3) is 0 Å². The first kappa shape index (κ1) is 17.4. The predicted octanol–water partition coefficient (Wildman–Crippen LogP) is 2.57. The molecule has 1 aliphatic carbocycles. The van der Waals surface area contributed by atoms with Gasteiger partial charge in [0.1, 0.15) is 6.04 Å². The molecule has 0 unspecified atom stereocenters. The van der Waals surface area contributed by atoms with Gasteiger partial charge in [0.2, 0.25) is 0 Å². The molecule has 2 fully saturated rings. The van der Waals surface area contributed by atoms with Gasteiger partial charge in [-0.3, -0.25) is 9.69 Å². The van der Waals surface area contributed by atoms with Gasteiger partial charge in [0.05, 0.1) is 10.1 Å². The van der Waals surface area contributed by atoms with Crippen molar-refractivity contribution in [3.05, 3.63) is 30.3 Å². The van der Waals surface area contributed by atoms with Crippen molar-refractivity contribution in [2.75, 3.05) is 13.1 Å². The Morgan fingerprint density at radius 2 is 1.79 bits per heavy atom. The molecule has 1 saturated heterocycles. The van der Waals surface area contributed by atoms with Crippen molar-refractivity contribution in [2.24, 2.45) is 5.92 Å². The number of benzene rings is 1. The molecule has 5 nitrogen and oxygen atoms in total. The minimum atomic E-state index is -3.48. The molecule has 1 aliphatic heterocycles. The highest BCUT2D eigenvalue weighted by molar-refractivity contribution is 7.92. The number of carboxylic acids is 1. The SMILES string of the molecule is O=C(O)[C@@H]1C[C@@H](S(=O)(=O)c2ccccc2)CN1CC1CCCCC1. The summed E-state index contributed by atoms with van der Waals surface area (Å²) >= 11 is 0. The molecule has 24 heavy (non-hydrogen) atoms. The van der Waals surface area contributed by atoms with Crippen LogP contribution in [0.25, 0.3) is 0 Å². The molecule has 0 spiro atoms. The highest BCUT2D eigenvalue weighted by atomic mass is 32.2. The average Bonchev–Trinajstić information content (AvgIpc) is 3.01. The van der Waals surface area contributed by atoms with Gasteiger partial charge >= 0.3 is 5.97 Å². The monoisotopic (exact) mass is 351 g/mol. The van der Waals surface area contributed by atoms with E-state index in [4.69, 9.17) is 0 Å². The van der Waals surface area contributed by atoms with E-state index in [-0.39, 0.29) is 6.42 Å². The van der Waals surface area contributed by atoms with Crippen LogP contribution in [0.2, 0.25) is 0 Å². The zero-order valence-electron chi connectivity index (χ0n) is 13.8. The second kappa shape index (κ2) is 7.23. The van der Waals surface area contributed by atoms with E-state index in [1.165, 1.54) is 19.3 Å². The lowest BCUT2D eigenvalue weighted by Gasteiger charge is -2.29. The van der Waals surface area contributed by atoms with E-state index in [9.17, 15) is 18.3 Å². The van der Waals surface area contributed by atoms with Gasteiger partial charge in [-0.05, 0) is 37.3 Å². The fourth-order valence-corrected chi connectivity index (χ4v) is 5.79. The number of likely N-dealkylation sites (tertiary alicyclic amines) is 1. The van der Waals surface area contributed by atoms with Crippen molar-refractivity contribution in [1.82, 2.24) is 4.90 Å². The van der Waals surface area contributed by atoms with Crippen LogP contribution in [0, 0.1) is 5.92 Å². The third kappa shape index (κ3) is 3.64. The van der Waals surface area contributed by atoms with Crippen LogP contribution in [0.15, 0.2) is 35.2 Å². The van der Waals surface area contributed by atoms with Crippen molar-refractivity contribution in [3.63, 3.8) is 0 Å². The quantitative estimate of drug-likeness (QED) is 0.882.